The minimum absolute atomic E-state index is 0.0755. The van der Waals surface area contributed by atoms with Gasteiger partial charge in [-0.05, 0) is 36.8 Å². The van der Waals surface area contributed by atoms with Crippen molar-refractivity contribution in [3.05, 3.63) is 71.9 Å². The topological polar surface area (TPSA) is 114 Å². The quantitative estimate of drug-likeness (QED) is 0.304. The first-order valence-electron chi connectivity index (χ1n) is 11.3. The van der Waals surface area contributed by atoms with Crippen LogP contribution in [0.2, 0.25) is 0 Å². The number of rotatable bonds is 12. The van der Waals surface area contributed by atoms with Gasteiger partial charge in [-0.1, -0.05) is 43.3 Å². The number of carbonyl (C=O) groups is 2. The number of para-hydroxylation sites is 1. The van der Waals surface area contributed by atoms with E-state index in [2.05, 4.69) is 26.5 Å². The third-order valence-corrected chi connectivity index (χ3v) is 4.86. The van der Waals surface area contributed by atoms with Crippen LogP contribution in [0.5, 0.6) is 5.75 Å². The predicted molar refractivity (Wildman–Crippen MR) is 130 cm³/mol. The molecule has 0 spiro atoms. The number of amides is 2. The maximum absolute atomic E-state index is 12.1. The predicted octanol–water partition coefficient (Wildman–Crippen LogP) is 2.83. The van der Waals surface area contributed by atoms with Crippen LogP contribution >= 0.6 is 0 Å². The molecule has 3 aromatic rings. The first-order valence-corrected chi connectivity index (χ1v) is 11.3. The molecule has 1 aromatic heterocycles. The first kappa shape index (κ1) is 24.9. The Kier molecular flexibility index (Phi) is 9.63. The van der Waals surface area contributed by atoms with Gasteiger partial charge in [0, 0.05) is 25.0 Å². The summed E-state index contributed by atoms with van der Waals surface area (Å²) in [5.74, 6) is 0.417. The summed E-state index contributed by atoms with van der Waals surface area (Å²) in [6, 6.07) is 19.2. The normalized spacial score (nSPS) is 11.6. The molecular weight excluding hydrogens is 434 g/mol. The van der Waals surface area contributed by atoms with E-state index in [4.69, 9.17) is 9.47 Å². The van der Waals surface area contributed by atoms with Gasteiger partial charge in [-0.15, -0.1) is 0 Å². The standard InChI is InChI=1S/C25H31N5O4/c1-3-27-25(32)34-23(15-26-16-24(31)30-28-4-2)19-9-7-10-21(14-19)33-17-20-13-12-18-8-5-6-11-22(18)29-20/h5-14,23,26,28H,3-4,15-17H2,1-2H3,(H,27,32)(H,30,31)/t23-/m0/s1. The Hall–Kier alpha value is -3.69. The van der Waals surface area contributed by atoms with Crippen LogP contribution in [0.1, 0.15) is 31.2 Å². The van der Waals surface area contributed by atoms with E-state index in [0.29, 0.717) is 25.4 Å². The smallest absolute Gasteiger partial charge is 0.407 e. The van der Waals surface area contributed by atoms with Crippen molar-refractivity contribution in [2.45, 2.75) is 26.6 Å². The van der Waals surface area contributed by atoms with Crippen LogP contribution in [0.4, 0.5) is 4.79 Å². The number of ether oxygens (including phenoxy) is 2. The number of hydrogen-bond donors (Lipinski definition) is 4. The molecule has 0 aliphatic carbocycles. The van der Waals surface area contributed by atoms with Gasteiger partial charge in [0.25, 0.3) is 0 Å². The van der Waals surface area contributed by atoms with Gasteiger partial charge in [0.05, 0.1) is 17.8 Å². The highest BCUT2D eigenvalue weighted by Gasteiger charge is 2.18. The molecule has 34 heavy (non-hydrogen) atoms. The van der Waals surface area contributed by atoms with Crippen LogP contribution in [0, 0.1) is 0 Å². The molecule has 0 unspecified atom stereocenters. The first-order chi connectivity index (χ1) is 16.6. The maximum atomic E-state index is 12.1. The Morgan fingerprint density at radius 2 is 1.85 bits per heavy atom. The minimum Gasteiger partial charge on any atom is -0.487 e. The van der Waals surface area contributed by atoms with E-state index in [1.54, 1.807) is 0 Å². The molecular formula is C25H31N5O4. The number of carbonyl (C=O) groups excluding carboxylic acids is 2. The van der Waals surface area contributed by atoms with Gasteiger partial charge in [-0.2, -0.15) is 0 Å². The summed E-state index contributed by atoms with van der Waals surface area (Å²) in [7, 11) is 0. The van der Waals surface area contributed by atoms with Crippen LogP contribution in [-0.4, -0.2) is 43.2 Å². The highest BCUT2D eigenvalue weighted by molar-refractivity contribution is 5.78. The van der Waals surface area contributed by atoms with Crippen LogP contribution in [0.15, 0.2) is 60.7 Å². The van der Waals surface area contributed by atoms with Crippen LogP contribution in [-0.2, 0) is 16.1 Å². The van der Waals surface area contributed by atoms with E-state index in [-0.39, 0.29) is 19.0 Å². The summed E-state index contributed by atoms with van der Waals surface area (Å²) in [6.45, 7) is 5.41. The highest BCUT2D eigenvalue weighted by atomic mass is 16.6. The van der Waals surface area contributed by atoms with Gasteiger partial charge in [0.2, 0.25) is 5.91 Å². The summed E-state index contributed by atoms with van der Waals surface area (Å²) >= 11 is 0. The number of nitrogens with one attached hydrogen (secondary N) is 4. The Labute approximate surface area is 199 Å². The van der Waals surface area contributed by atoms with Crippen molar-refractivity contribution in [2.24, 2.45) is 0 Å². The summed E-state index contributed by atoms with van der Waals surface area (Å²) in [5.41, 5.74) is 7.79. The molecule has 0 aliphatic heterocycles. The number of hydrazine groups is 1. The van der Waals surface area contributed by atoms with E-state index >= 15 is 0 Å². The summed E-state index contributed by atoms with van der Waals surface area (Å²) < 4.78 is 11.5. The number of nitrogens with zero attached hydrogens (tertiary/aromatic N) is 1. The molecule has 0 aliphatic rings. The fourth-order valence-corrected chi connectivity index (χ4v) is 3.24. The van der Waals surface area contributed by atoms with Crippen LogP contribution in [0.25, 0.3) is 10.9 Å². The third kappa shape index (κ3) is 7.72. The van der Waals surface area contributed by atoms with Crippen molar-refractivity contribution in [1.82, 2.24) is 26.5 Å². The lowest BCUT2D eigenvalue weighted by Crippen LogP contribution is -2.43. The van der Waals surface area contributed by atoms with Gasteiger partial charge < -0.3 is 20.1 Å². The molecule has 1 atom stereocenters. The number of fused-ring (bicyclic) bond motifs is 1. The van der Waals surface area contributed by atoms with Crippen LogP contribution in [0.3, 0.4) is 0 Å². The van der Waals surface area contributed by atoms with E-state index in [1.807, 2.05) is 74.5 Å². The lowest BCUT2D eigenvalue weighted by atomic mass is 10.1. The molecule has 4 N–H and O–H groups in total. The Morgan fingerprint density at radius 1 is 1.00 bits per heavy atom. The van der Waals surface area contributed by atoms with Crippen molar-refractivity contribution in [2.75, 3.05) is 26.2 Å². The molecule has 0 saturated carbocycles. The van der Waals surface area contributed by atoms with Crippen molar-refractivity contribution in [3.63, 3.8) is 0 Å². The van der Waals surface area contributed by atoms with Crippen molar-refractivity contribution in [3.8, 4) is 5.75 Å². The Bertz CT molecular complexity index is 1090. The highest BCUT2D eigenvalue weighted by Crippen LogP contribution is 2.23. The summed E-state index contributed by atoms with van der Waals surface area (Å²) in [6.07, 6.45) is -1.14. The van der Waals surface area contributed by atoms with Gasteiger partial charge in [-0.25, -0.2) is 15.2 Å². The second kappa shape index (κ2) is 13.1. The Morgan fingerprint density at radius 3 is 2.68 bits per heavy atom. The monoisotopic (exact) mass is 465 g/mol. The van der Waals surface area contributed by atoms with Gasteiger partial charge in [0.1, 0.15) is 18.5 Å². The lowest BCUT2D eigenvalue weighted by Gasteiger charge is -2.20. The second-order valence-electron chi connectivity index (χ2n) is 7.49. The number of hydrogen-bond acceptors (Lipinski definition) is 7. The molecule has 0 radical (unpaired) electrons. The fourth-order valence-electron chi connectivity index (χ4n) is 3.24. The largest absolute Gasteiger partial charge is 0.487 e. The van der Waals surface area contributed by atoms with Crippen molar-refractivity contribution < 1.29 is 19.1 Å². The molecule has 0 fully saturated rings. The lowest BCUT2D eigenvalue weighted by molar-refractivity contribution is -0.121. The number of aromatic nitrogens is 1. The molecule has 9 heteroatoms. The molecule has 3 rings (SSSR count). The van der Waals surface area contributed by atoms with E-state index < -0.39 is 12.2 Å². The molecule has 0 bridgehead atoms. The summed E-state index contributed by atoms with van der Waals surface area (Å²) in [5, 5.41) is 6.73. The van der Waals surface area contributed by atoms with E-state index in [0.717, 1.165) is 22.2 Å². The van der Waals surface area contributed by atoms with Gasteiger partial charge >= 0.3 is 6.09 Å². The van der Waals surface area contributed by atoms with Crippen LogP contribution < -0.4 is 26.2 Å². The molecule has 1 heterocycles. The number of pyridine rings is 1. The molecule has 9 nitrogen and oxygen atoms in total. The minimum atomic E-state index is -0.610. The number of benzene rings is 2. The SMILES string of the molecule is CCNNC(=O)CNC[C@H](OC(=O)NCC)c1cccc(OCc2ccc3ccccc3n2)c1. The Balaban J connectivity index is 1.65. The molecule has 2 aromatic carbocycles. The fraction of sp³-hybridized carbons (Fsp3) is 0.320. The average molecular weight is 466 g/mol. The molecule has 0 saturated heterocycles. The van der Waals surface area contributed by atoms with Crippen molar-refractivity contribution >= 4 is 22.9 Å². The zero-order valence-corrected chi connectivity index (χ0v) is 19.5. The zero-order chi connectivity index (χ0) is 24.2. The number of alkyl carbamates (subject to hydrolysis) is 1. The van der Waals surface area contributed by atoms with Crippen molar-refractivity contribution in [1.29, 1.82) is 0 Å². The van der Waals surface area contributed by atoms with Gasteiger partial charge in [-0.3, -0.25) is 10.2 Å². The molecule has 2 amide bonds. The van der Waals surface area contributed by atoms with Gasteiger partial charge in [0.15, 0.2) is 0 Å². The third-order valence-electron chi connectivity index (χ3n) is 4.86. The average Bonchev–Trinajstić information content (AvgIpc) is 2.86. The van der Waals surface area contributed by atoms with E-state index in [9.17, 15) is 9.59 Å². The maximum Gasteiger partial charge on any atom is 0.407 e. The zero-order valence-electron chi connectivity index (χ0n) is 19.5. The summed E-state index contributed by atoms with van der Waals surface area (Å²) in [4.78, 5) is 28.5. The second-order valence-corrected chi connectivity index (χ2v) is 7.49. The van der Waals surface area contributed by atoms with E-state index in [1.165, 1.54) is 0 Å². The molecule has 180 valence electrons.